The molecule has 0 bridgehead atoms. The molecule has 6 rings (SSSR count). The molecule has 2 heterocycles. The fraction of sp³-hybridized carbons (Fsp3) is 0.0667. The summed E-state index contributed by atoms with van der Waals surface area (Å²) in [6, 6.07) is 25.0. The first-order valence-corrected chi connectivity index (χ1v) is 13.6. The van der Waals surface area contributed by atoms with E-state index in [1.165, 1.54) is 35.2 Å². The number of rotatable bonds is 5. The third kappa shape index (κ3) is 4.40. The highest BCUT2D eigenvalue weighted by Gasteiger charge is 2.23. The predicted octanol–water partition coefficient (Wildman–Crippen LogP) is 5.91. The van der Waals surface area contributed by atoms with Gasteiger partial charge in [-0.15, -0.1) is 0 Å². The van der Waals surface area contributed by atoms with E-state index in [2.05, 4.69) is 64.6 Å². The van der Waals surface area contributed by atoms with Crippen LogP contribution >= 0.6 is 0 Å². The Morgan fingerprint density at radius 1 is 0.868 bits per heavy atom. The summed E-state index contributed by atoms with van der Waals surface area (Å²) < 4.78 is 30.1. The molecule has 38 heavy (non-hydrogen) atoms. The van der Waals surface area contributed by atoms with Crippen LogP contribution in [0, 0.1) is 0 Å². The van der Waals surface area contributed by atoms with Crippen molar-refractivity contribution in [2.24, 2.45) is 5.14 Å². The van der Waals surface area contributed by atoms with Crippen LogP contribution in [0.25, 0.3) is 39.1 Å². The monoisotopic (exact) mass is 520 g/mol. The van der Waals surface area contributed by atoms with E-state index in [1.807, 2.05) is 18.2 Å². The van der Waals surface area contributed by atoms with Gasteiger partial charge in [-0.3, -0.25) is 0 Å². The molecular weight excluding hydrogens is 496 g/mol. The van der Waals surface area contributed by atoms with Crippen LogP contribution < -0.4 is 10.9 Å². The van der Waals surface area contributed by atoms with E-state index in [1.54, 1.807) is 12.1 Å². The van der Waals surface area contributed by atoms with Crippen molar-refractivity contribution in [2.45, 2.75) is 17.2 Å². The lowest BCUT2D eigenvalue weighted by Crippen LogP contribution is -2.11. The second kappa shape index (κ2) is 9.41. The lowest BCUT2D eigenvalue weighted by molar-refractivity contribution is 0.597. The van der Waals surface area contributed by atoms with Crippen LogP contribution in [0.2, 0.25) is 0 Å². The van der Waals surface area contributed by atoms with E-state index in [4.69, 9.17) is 15.3 Å². The van der Waals surface area contributed by atoms with Gasteiger partial charge in [0.15, 0.2) is 0 Å². The number of anilines is 1. The Labute approximate surface area is 220 Å². The van der Waals surface area contributed by atoms with Gasteiger partial charge in [0, 0.05) is 17.0 Å². The Morgan fingerprint density at radius 3 is 2.39 bits per heavy atom. The van der Waals surface area contributed by atoms with Crippen molar-refractivity contribution in [3.63, 3.8) is 0 Å². The molecule has 1 atom stereocenters. The Hall–Kier alpha value is -4.53. The number of nitrogens with two attached hydrogens (primary N) is 2. The molecule has 0 fully saturated rings. The molecule has 4 N–H and O–H groups in total. The third-order valence-corrected chi connectivity index (χ3v) is 7.71. The maximum atomic E-state index is 12.0. The van der Waals surface area contributed by atoms with Gasteiger partial charge in [-0.05, 0) is 40.8 Å². The highest BCUT2D eigenvalue weighted by molar-refractivity contribution is 7.89. The van der Waals surface area contributed by atoms with Crippen LogP contribution in [0.5, 0.6) is 0 Å². The maximum Gasteiger partial charge on any atom is 0.238 e. The van der Waals surface area contributed by atoms with Crippen LogP contribution in [0.1, 0.15) is 23.5 Å². The summed E-state index contributed by atoms with van der Waals surface area (Å²) in [5.74, 6) is 0.960. The van der Waals surface area contributed by atoms with Gasteiger partial charge in [0.2, 0.25) is 15.7 Å². The summed E-state index contributed by atoms with van der Waals surface area (Å²) in [6.07, 6.45) is 8.74. The van der Waals surface area contributed by atoms with Crippen molar-refractivity contribution in [1.82, 2.24) is 9.97 Å². The second-order valence-corrected chi connectivity index (χ2v) is 10.8. The molecule has 5 aromatic rings. The fourth-order valence-corrected chi connectivity index (χ4v) is 5.48. The number of aromatic nitrogens is 2. The highest BCUT2D eigenvalue weighted by Crippen LogP contribution is 2.43. The summed E-state index contributed by atoms with van der Waals surface area (Å²) >= 11 is 0. The first kappa shape index (κ1) is 23.8. The smallest absolute Gasteiger partial charge is 0.238 e. The first-order chi connectivity index (χ1) is 18.4. The van der Waals surface area contributed by atoms with E-state index < -0.39 is 10.0 Å². The largest absolute Gasteiger partial charge is 0.437 e. The van der Waals surface area contributed by atoms with Gasteiger partial charge in [-0.25, -0.2) is 23.5 Å². The molecule has 2 aromatic heterocycles. The number of benzene rings is 3. The number of hydrogen-bond acceptors (Lipinski definition) is 6. The summed E-state index contributed by atoms with van der Waals surface area (Å²) in [4.78, 5) is 8.41. The summed E-state index contributed by atoms with van der Waals surface area (Å²) in [6.45, 7) is 0. The lowest BCUT2D eigenvalue weighted by Gasteiger charge is -2.19. The first-order valence-electron chi connectivity index (χ1n) is 12.1. The van der Waals surface area contributed by atoms with Gasteiger partial charge in [-0.1, -0.05) is 85.0 Å². The zero-order chi connectivity index (χ0) is 26.3. The Bertz CT molecular complexity index is 1820. The molecule has 1 unspecified atom stereocenters. The van der Waals surface area contributed by atoms with Crippen molar-refractivity contribution < 1.29 is 12.8 Å². The summed E-state index contributed by atoms with van der Waals surface area (Å²) in [5.41, 5.74) is 12.4. The Balaban J connectivity index is 1.41. The van der Waals surface area contributed by atoms with E-state index in [0.29, 0.717) is 28.0 Å². The Kier molecular flexibility index (Phi) is 5.90. The molecule has 0 saturated heterocycles. The van der Waals surface area contributed by atoms with Crippen molar-refractivity contribution in [3.8, 4) is 22.5 Å². The highest BCUT2D eigenvalue weighted by atomic mass is 32.2. The average Bonchev–Trinajstić information content (AvgIpc) is 3.34. The van der Waals surface area contributed by atoms with Gasteiger partial charge in [-0.2, -0.15) is 0 Å². The SMILES string of the molecule is Nc1ncnc2oc(-c3cccc(S(N)(=O)=O)c3)c(-c3ccc(C4C=CC=C(c5ccccc5)C4)cc3)c12. The minimum atomic E-state index is -3.90. The summed E-state index contributed by atoms with van der Waals surface area (Å²) in [7, 11) is -3.90. The van der Waals surface area contributed by atoms with E-state index in [0.717, 1.165) is 12.0 Å². The summed E-state index contributed by atoms with van der Waals surface area (Å²) in [5, 5.41) is 5.95. The van der Waals surface area contributed by atoms with Gasteiger partial charge < -0.3 is 10.2 Å². The zero-order valence-electron chi connectivity index (χ0n) is 20.3. The minimum absolute atomic E-state index is 0.0119. The van der Waals surface area contributed by atoms with Crippen molar-refractivity contribution in [2.75, 3.05) is 5.73 Å². The number of furan rings is 1. The molecule has 0 spiro atoms. The minimum Gasteiger partial charge on any atom is -0.437 e. The van der Waals surface area contributed by atoms with Gasteiger partial charge >= 0.3 is 0 Å². The Morgan fingerprint density at radius 2 is 1.63 bits per heavy atom. The van der Waals surface area contributed by atoms with Crippen LogP contribution in [0.4, 0.5) is 5.82 Å². The quantitative estimate of drug-likeness (QED) is 0.297. The van der Waals surface area contributed by atoms with E-state index in [-0.39, 0.29) is 16.6 Å². The van der Waals surface area contributed by atoms with E-state index in [9.17, 15) is 8.42 Å². The standard InChI is InChI=1S/C30H24N4O3S/c31-29-27-26(28(37-30(27)34-18-33-29)24-10-5-11-25(17-24)38(32,35)36)21-14-12-20(13-15-21)23-9-4-8-22(16-23)19-6-2-1-3-7-19/h1-15,17-18,23H,16H2,(H2,31,33,34)(H2,32,35,36). The van der Waals surface area contributed by atoms with Crippen molar-refractivity contribution in [3.05, 3.63) is 115 Å². The molecule has 3 aromatic carbocycles. The van der Waals surface area contributed by atoms with Gasteiger partial charge in [0.25, 0.3) is 0 Å². The number of allylic oxidation sites excluding steroid dienone is 4. The molecule has 7 nitrogen and oxygen atoms in total. The number of nitrogen functional groups attached to an aromatic ring is 1. The molecule has 8 heteroatoms. The van der Waals surface area contributed by atoms with Gasteiger partial charge in [0.1, 0.15) is 17.9 Å². The normalized spacial score (nSPS) is 15.5. The molecule has 0 radical (unpaired) electrons. The molecule has 0 aliphatic heterocycles. The van der Waals surface area contributed by atoms with Crippen molar-refractivity contribution >= 4 is 32.5 Å². The zero-order valence-corrected chi connectivity index (χ0v) is 21.1. The number of nitrogens with zero attached hydrogens (tertiary/aromatic N) is 2. The molecule has 0 saturated carbocycles. The molecule has 1 aliphatic carbocycles. The van der Waals surface area contributed by atoms with Crippen LogP contribution in [0.3, 0.4) is 0 Å². The molecule has 188 valence electrons. The molecule has 0 amide bonds. The lowest BCUT2D eigenvalue weighted by atomic mass is 9.85. The topological polar surface area (TPSA) is 125 Å². The molecule has 1 aliphatic rings. The average molecular weight is 521 g/mol. The van der Waals surface area contributed by atoms with E-state index >= 15 is 0 Å². The van der Waals surface area contributed by atoms with Gasteiger partial charge in [0.05, 0.1) is 10.3 Å². The third-order valence-electron chi connectivity index (χ3n) is 6.80. The number of sulfonamides is 1. The second-order valence-electron chi connectivity index (χ2n) is 9.19. The number of primary sulfonamides is 1. The number of fused-ring (bicyclic) bond motifs is 1. The van der Waals surface area contributed by atoms with Crippen LogP contribution in [-0.4, -0.2) is 18.4 Å². The van der Waals surface area contributed by atoms with Crippen LogP contribution in [0.15, 0.2) is 113 Å². The molecular formula is C30H24N4O3S. The predicted molar refractivity (Wildman–Crippen MR) is 149 cm³/mol. The number of hydrogen-bond donors (Lipinski definition) is 2. The maximum absolute atomic E-state index is 12.0. The van der Waals surface area contributed by atoms with Crippen molar-refractivity contribution in [1.29, 1.82) is 0 Å². The fourth-order valence-electron chi connectivity index (χ4n) is 4.92. The van der Waals surface area contributed by atoms with Crippen LogP contribution in [-0.2, 0) is 10.0 Å².